The molecule has 1 aliphatic rings. The highest BCUT2D eigenvalue weighted by atomic mass is 16.5. The molecule has 0 saturated heterocycles. The van der Waals surface area contributed by atoms with Gasteiger partial charge in [0, 0.05) is 20.2 Å². The molecule has 0 heterocycles. The molecule has 0 aliphatic heterocycles. The van der Waals surface area contributed by atoms with Gasteiger partial charge < -0.3 is 15.4 Å². The van der Waals surface area contributed by atoms with E-state index in [1.807, 2.05) is 18.2 Å². The molecule has 2 rings (SSSR count). The van der Waals surface area contributed by atoms with E-state index < -0.39 is 5.41 Å². The van der Waals surface area contributed by atoms with Crippen molar-refractivity contribution in [1.82, 2.24) is 10.6 Å². The molecule has 5 heteroatoms. The van der Waals surface area contributed by atoms with Crippen LogP contribution >= 0.6 is 0 Å². The van der Waals surface area contributed by atoms with Crippen molar-refractivity contribution in [2.24, 2.45) is 5.41 Å². The molecule has 0 unspecified atom stereocenters. The molecule has 1 aromatic rings. The molecule has 1 saturated carbocycles. The van der Waals surface area contributed by atoms with E-state index in [9.17, 15) is 9.59 Å². The molecule has 0 spiro atoms. The summed E-state index contributed by atoms with van der Waals surface area (Å²) in [5, 5.41) is 5.65. The molecule has 0 bridgehead atoms. The van der Waals surface area contributed by atoms with Crippen molar-refractivity contribution in [2.75, 3.05) is 26.8 Å². The predicted octanol–water partition coefficient (Wildman–Crippen LogP) is 1.28. The number of methoxy groups -OCH3 is 1. The van der Waals surface area contributed by atoms with E-state index >= 15 is 0 Å². The molecule has 2 amide bonds. The predicted molar refractivity (Wildman–Crippen MR) is 84.3 cm³/mol. The van der Waals surface area contributed by atoms with Gasteiger partial charge in [-0.05, 0) is 31.2 Å². The number of rotatable bonds is 9. The summed E-state index contributed by atoms with van der Waals surface area (Å²) in [6.07, 6.45) is 3.07. The topological polar surface area (TPSA) is 67.4 Å². The van der Waals surface area contributed by atoms with Crippen molar-refractivity contribution < 1.29 is 14.3 Å². The van der Waals surface area contributed by atoms with Crippen molar-refractivity contribution in [2.45, 2.75) is 25.7 Å². The largest absolute Gasteiger partial charge is 0.383 e. The second-order valence-electron chi connectivity index (χ2n) is 5.68. The van der Waals surface area contributed by atoms with E-state index in [1.165, 1.54) is 5.56 Å². The lowest BCUT2D eigenvalue weighted by Gasteiger charge is -2.15. The molecule has 120 valence electrons. The average Bonchev–Trinajstić information content (AvgIpc) is 3.34. The third kappa shape index (κ3) is 4.31. The summed E-state index contributed by atoms with van der Waals surface area (Å²) in [5.74, 6) is -0.319. The minimum atomic E-state index is -0.833. The summed E-state index contributed by atoms with van der Waals surface area (Å²) >= 11 is 0. The lowest BCUT2D eigenvalue weighted by atomic mass is 10.0. The quantitative estimate of drug-likeness (QED) is 0.533. The maximum atomic E-state index is 12.2. The molecule has 2 N–H and O–H groups in total. The number of hydrogen-bond acceptors (Lipinski definition) is 3. The smallest absolute Gasteiger partial charge is 0.235 e. The number of benzene rings is 1. The Hall–Kier alpha value is -1.88. The van der Waals surface area contributed by atoms with Gasteiger partial charge in [0.25, 0.3) is 0 Å². The molecule has 5 nitrogen and oxygen atoms in total. The first-order valence-corrected chi connectivity index (χ1v) is 7.78. The van der Waals surface area contributed by atoms with Gasteiger partial charge in [-0.1, -0.05) is 30.3 Å². The molecule has 0 radical (unpaired) electrons. The summed E-state index contributed by atoms with van der Waals surface area (Å²) in [4.78, 5) is 24.3. The molecule has 0 atom stereocenters. The second kappa shape index (κ2) is 7.94. The average molecular weight is 304 g/mol. The third-order valence-corrected chi connectivity index (χ3v) is 3.98. The van der Waals surface area contributed by atoms with Gasteiger partial charge in [0.1, 0.15) is 5.41 Å². The minimum absolute atomic E-state index is 0.143. The number of carbonyl (C=O) groups is 2. The first kappa shape index (κ1) is 16.5. The normalized spacial score (nSPS) is 15.1. The summed E-state index contributed by atoms with van der Waals surface area (Å²) in [5.41, 5.74) is 0.427. The first-order valence-electron chi connectivity index (χ1n) is 7.78. The fourth-order valence-electron chi connectivity index (χ4n) is 2.43. The van der Waals surface area contributed by atoms with Crippen LogP contribution in [0.3, 0.4) is 0 Å². The van der Waals surface area contributed by atoms with Gasteiger partial charge in [-0.25, -0.2) is 0 Å². The van der Waals surface area contributed by atoms with Gasteiger partial charge in [-0.2, -0.15) is 0 Å². The summed E-state index contributed by atoms with van der Waals surface area (Å²) < 4.78 is 4.89. The maximum absolute atomic E-state index is 12.2. The number of amides is 2. The van der Waals surface area contributed by atoms with Crippen molar-refractivity contribution >= 4 is 11.8 Å². The van der Waals surface area contributed by atoms with Crippen molar-refractivity contribution in [3.05, 3.63) is 35.9 Å². The van der Waals surface area contributed by atoms with E-state index in [0.717, 1.165) is 12.8 Å². The first-order chi connectivity index (χ1) is 10.7. The third-order valence-electron chi connectivity index (χ3n) is 3.98. The summed E-state index contributed by atoms with van der Waals surface area (Å²) in [6.45, 7) is 1.50. The van der Waals surface area contributed by atoms with Crippen LogP contribution in [-0.4, -0.2) is 38.6 Å². The number of hydrogen-bond donors (Lipinski definition) is 2. The molecular formula is C17H24N2O3. The number of aryl methyl sites for hydroxylation is 1. The highest BCUT2D eigenvalue weighted by Gasteiger charge is 2.56. The standard InChI is InChI=1S/C17H24N2O3/c1-22-13-12-19-16(21)17(9-10-17)15(20)18-11-5-8-14-6-3-2-4-7-14/h2-4,6-7H,5,8-13H2,1H3,(H,18,20)(H,19,21). The Labute approximate surface area is 131 Å². The molecular weight excluding hydrogens is 280 g/mol. The molecule has 22 heavy (non-hydrogen) atoms. The van der Waals surface area contributed by atoms with Crippen LogP contribution in [0.1, 0.15) is 24.8 Å². The molecule has 1 fully saturated rings. The van der Waals surface area contributed by atoms with Crippen molar-refractivity contribution in [3.8, 4) is 0 Å². The second-order valence-corrected chi connectivity index (χ2v) is 5.68. The molecule has 1 aromatic carbocycles. The highest BCUT2D eigenvalue weighted by molar-refractivity contribution is 6.07. The van der Waals surface area contributed by atoms with E-state index in [-0.39, 0.29) is 11.8 Å². The lowest BCUT2D eigenvalue weighted by Crippen LogP contribution is -2.44. The van der Waals surface area contributed by atoms with Crippen LogP contribution in [-0.2, 0) is 20.7 Å². The molecule has 0 aromatic heterocycles. The van der Waals surface area contributed by atoms with Crippen LogP contribution in [0, 0.1) is 5.41 Å². The van der Waals surface area contributed by atoms with E-state index in [4.69, 9.17) is 4.74 Å². The van der Waals surface area contributed by atoms with Gasteiger partial charge in [0.05, 0.1) is 6.61 Å². The van der Waals surface area contributed by atoms with Crippen LogP contribution < -0.4 is 10.6 Å². The van der Waals surface area contributed by atoms with Crippen molar-refractivity contribution in [3.63, 3.8) is 0 Å². The fourth-order valence-corrected chi connectivity index (χ4v) is 2.43. The SMILES string of the molecule is COCCNC(=O)C1(C(=O)NCCCc2ccccc2)CC1. The van der Waals surface area contributed by atoms with Crippen LogP contribution in [0.4, 0.5) is 0 Å². The fraction of sp³-hybridized carbons (Fsp3) is 0.529. The Morgan fingerprint density at radius 3 is 2.32 bits per heavy atom. The molecule has 1 aliphatic carbocycles. The van der Waals surface area contributed by atoms with Gasteiger partial charge in [-0.15, -0.1) is 0 Å². The Bertz CT molecular complexity index is 498. The number of nitrogens with one attached hydrogen (secondary N) is 2. The Kier molecular flexibility index (Phi) is 5.95. The van der Waals surface area contributed by atoms with Crippen LogP contribution in [0.25, 0.3) is 0 Å². The minimum Gasteiger partial charge on any atom is -0.383 e. The zero-order valence-corrected chi connectivity index (χ0v) is 13.1. The van der Waals surface area contributed by atoms with E-state index in [0.29, 0.717) is 32.5 Å². The number of carbonyl (C=O) groups excluding carboxylic acids is 2. The highest BCUT2D eigenvalue weighted by Crippen LogP contribution is 2.46. The Morgan fingerprint density at radius 2 is 1.73 bits per heavy atom. The maximum Gasteiger partial charge on any atom is 0.235 e. The zero-order valence-electron chi connectivity index (χ0n) is 13.1. The number of ether oxygens (including phenoxy) is 1. The van der Waals surface area contributed by atoms with E-state index in [2.05, 4.69) is 22.8 Å². The van der Waals surface area contributed by atoms with E-state index in [1.54, 1.807) is 7.11 Å². The van der Waals surface area contributed by atoms with Gasteiger partial charge >= 0.3 is 0 Å². The van der Waals surface area contributed by atoms with Gasteiger partial charge in [-0.3, -0.25) is 9.59 Å². The van der Waals surface area contributed by atoms with Gasteiger partial charge in [0.2, 0.25) is 11.8 Å². The monoisotopic (exact) mass is 304 g/mol. The van der Waals surface area contributed by atoms with Crippen LogP contribution in [0.5, 0.6) is 0 Å². The summed E-state index contributed by atoms with van der Waals surface area (Å²) in [6, 6.07) is 10.2. The van der Waals surface area contributed by atoms with Crippen LogP contribution in [0.2, 0.25) is 0 Å². The Balaban J connectivity index is 1.69. The lowest BCUT2D eigenvalue weighted by molar-refractivity contribution is -0.137. The van der Waals surface area contributed by atoms with Crippen molar-refractivity contribution in [1.29, 1.82) is 0 Å². The Morgan fingerprint density at radius 1 is 1.09 bits per heavy atom. The van der Waals surface area contributed by atoms with Crippen LogP contribution in [0.15, 0.2) is 30.3 Å². The van der Waals surface area contributed by atoms with Gasteiger partial charge in [0.15, 0.2) is 0 Å². The summed E-state index contributed by atoms with van der Waals surface area (Å²) in [7, 11) is 1.58. The zero-order chi connectivity index (χ0) is 15.8.